The Bertz CT molecular complexity index is 695. The first-order valence-corrected chi connectivity index (χ1v) is 8.40. The highest BCUT2D eigenvalue weighted by molar-refractivity contribution is 7.11. The minimum absolute atomic E-state index is 0. The van der Waals surface area contributed by atoms with Crippen molar-refractivity contribution in [3.05, 3.63) is 45.9 Å². The lowest BCUT2D eigenvalue weighted by molar-refractivity contribution is -0.137. The average molecular weight is 394 g/mol. The predicted octanol–water partition coefficient (Wildman–Crippen LogP) is 3.74. The minimum Gasteiger partial charge on any atom is -0.496 e. The van der Waals surface area contributed by atoms with E-state index < -0.39 is 11.2 Å². The Kier molecular flexibility index (Phi) is 6.67. The summed E-state index contributed by atoms with van der Waals surface area (Å²) in [5, 5.41) is 2.55. The molecule has 1 N–H and O–H groups in total. The lowest BCUT2D eigenvalue weighted by Gasteiger charge is -2.36. The molecule has 1 saturated heterocycles. The fraction of sp³-hybridized carbons (Fsp3) is 0.438. The van der Waals surface area contributed by atoms with Gasteiger partial charge in [0.25, 0.3) is 0 Å². The van der Waals surface area contributed by atoms with E-state index in [0.717, 1.165) is 30.9 Å². The van der Waals surface area contributed by atoms with Gasteiger partial charge >= 0.3 is 6.18 Å². The van der Waals surface area contributed by atoms with Crippen molar-refractivity contribution < 1.29 is 17.9 Å². The number of alkyl halides is 3. The molecule has 4 nitrogen and oxygen atoms in total. The van der Waals surface area contributed by atoms with Crippen LogP contribution in [0.25, 0.3) is 0 Å². The molecule has 0 bridgehead atoms. The zero-order valence-corrected chi connectivity index (χ0v) is 15.2. The molecule has 3 rings (SSSR count). The Balaban J connectivity index is 0.00000225. The van der Waals surface area contributed by atoms with Crippen molar-refractivity contribution in [3.8, 4) is 5.75 Å². The van der Waals surface area contributed by atoms with Crippen LogP contribution in [0, 0.1) is 0 Å². The van der Waals surface area contributed by atoms with Gasteiger partial charge < -0.3 is 10.1 Å². The summed E-state index contributed by atoms with van der Waals surface area (Å²) < 4.78 is 43.6. The maximum atomic E-state index is 12.7. The fourth-order valence-electron chi connectivity index (χ4n) is 2.90. The third kappa shape index (κ3) is 4.63. The van der Waals surface area contributed by atoms with Crippen molar-refractivity contribution in [1.82, 2.24) is 15.2 Å². The highest BCUT2D eigenvalue weighted by Crippen LogP contribution is 2.35. The van der Waals surface area contributed by atoms with E-state index in [9.17, 15) is 13.2 Å². The second-order valence-electron chi connectivity index (χ2n) is 5.56. The first kappa shape index (κ1) is 20.0. The third-order valence-electron chi connectivity index (χ3n) is 4.01. The fourth-order valence-corrected chi connectivity index (χ4v) is 3.70. The largest absolute Gasteiger partial charge is 0.496 e. The second-order valence-corrected chi connectivity index (χ2v) is 6.68. The molecular weight excluding hydrogens is 375 g/mol. The monoisotopic (exact) mass is 393 g/mol. The summed E-state index contributed by atoms with van der Waals surface area (Å²) in [5.74, 6) is 0.788. The lowest BCUT2D eigenvalue weighted by Crippen LogP contribution is -2.45. The molecule has 1 aliphatic heterocycles. The SMILES string of the molecule is COc1ccccc1C1CNCCN1Cc1cnc(C(F)(F)F)s1.Cl. The maximum Gasteiger partial charge on any atom is 0.443 e. The van der Waals surface area contributed by atoms with Gasteiger partial charge in [0.1, 0.15) is 5.75 Å². The van der Waals surface area contributed by atoms with Gasteiger partial charge in [-0.1, -0.05) is 18.2 Å². The zero-order valence-electron chi connectivity index (χ0n) is 13.5. The number of benzene rings is 1. The molecule has 0 aliphatic carbocycles. The highest BCUT2D eigenvalue weighted by Gasteiger charge is 2.35. The number of rotatable bonds is 4. The molecule has 25 heavy (non-hydrogen) atoms. The van der Waals surface area contributed by atoms with Gasteiger partial charge in [-0.15, -0.1) is 23.7 Å². The zero-order chi connectivity index (χ0) is 17.2. The van der Waals surface area contributed by atoms with Gasteiger partial charge in [-0.2, -0.15) is 13.2 Å². The van der Waals surface area contributed by atoms with Gasteiger partial charge in [0.2, 0.25) is 0 Å². The Morgan fingerprint density at radius 1 is 1.36 bits per heavy atom. The van der Waals surface area contributed by atoms with Crippen molar-refractivity contribution in [3.63, 3.8) is 0 Å². The van der Waals surface area contributed by atoms with E-state index in [1.807, 2.05) is 24.3 Å². The van der Waals surface area contributed by atoms with Crippen LogP contribution in [0.3, 0.4) is 0 Å². The van der Waals surface area contributed by atoms with Crippen LogP contribution in [0.4, 0.5) is 13.2 Å². The number of halogens is 4. The van der Waals surface area contributed by atoms with E-state index in [4.69, 9.17) is 4.74 Å². The summed E-state index contributed by atoms with van der Waals surface area (Å²) >= 11 is 0.711. The van der Waals surface area contributed by atoms with Crippen LogP contribution in [0.5, 0.6) is 5.75 Å². The standard InChI is InChI=1S/C16H18F3N3OS.ClH/c1-23-14-5-3-2-4-12(14)13-9-20-6-7-22(13)10-11-8-21-15(24-11)16(17,18)19;/h2-5,8,13,20H,6-7,9-10H2,1H3;1H. The van der Waals surface area contributed by atoms with Crippen LogP contribution < -0.4 is 10.1 Å². The van der Waals surface area contributed by atoms with E-state index in [-0.39, 0.29) is 18.4 Å². The smallest absolute Gasteiger partial charge is 0.443 e. The molecule has 138 valence electrons. The van der Waals surface area contributed by atoms with Crippen LogP contribution in [0.2, 0.25) is 0 Å². The van der Waals surface area contributed by atoms with Gasteiger partial charge in [0.05, 0.1) is 13.2 Å². The number of piperazine rings is 1. The predicted molar refractivity (Wildman–Crippen MR) is 93.4 cm³/mol. The van der Waals surface area contributed by atoms with E-state index in [1.54, 1.807) is 7.11 Å². The number of thiazole rings is 1. The summed E-state index contributed by atoms with van der Waals surface area (Å²) in [6, 6.07) is 7.79. The summed E-state index contributed by atoms with van der Waals surface area (Å²) in [6.07, 6.45) is -3.05. The van der Waals surface area contributed by atoms with Crippen molar-refractivity contribution in [1.29, 1.82) is 0 Å². The number of methoxy groups -OCH3 is 1. The summed E-state index contributed by atoms with van der Waals surface area (Å²) in [6.45, 7) is 2.72. The number of aromatic nitrogens is 1. The molecule has 0 saturated carbocycles. The van der Waals surface area contributed by atoms with Crippen molar-refractivity contribution in [2.75, 3.05) is 26.7 Å². The molecule has 1 fully saturated rings. The first-order chi connectivity index (χ1) is 11.5. The number of para-hydroxylation sites is 1. The molecule has 0 spiro atoms. The van der Waals surface area contributed by atoms with Gasteiger partial charge in [0.15, 0.2) is 5.01 Å². The summed E-state index contributed by atoms with van der Waals surface area (Å²) in [7, 11) is 1.62. The first-order valence-electron chi connectivity index (χ1n) is 7.58. The summed E-state index contributed by atoms with van der Waals surface area (Å²) in [5.41, 5.74) is 1.03. The van der Waals surface area contributed by atoms with E-state index >= 15 is 0 Å². The van der Waals surface area contributed by atoms with Crippen molar-refractivity contribution in [2.24, 2.45) is 0 Å². The van der Waals surface area contributed by atoms with Crippen molar-refractivity contribution >= 4 is 23.7 Å². The molecule has 0 amide bonds. The van der Waals surface area contributed by atoms with Gasteiger partial charge in [-0.3, -0.25) is 4.90 Å². The van der Waals surface area contributed by atoms with Gasteiger partial charge in [-0.05, 0) is 6.07 Å². The van der Waals surface area contributed by atoms with Crippen LogP contribution in [0.1, 0.15) is 21.5 Å². The van der Waals surface area contributed by atoms with Crippen LogP contribution >= 0.6 is 23.7 Å². The van der Waals surface area contributed by atoms with E-state index in [2.05, 4.69) is 15.2 Å². The Labute approximate surface area is 154 Å². The number of ether oxygens (including phenoxy) is 1. The number of nitrogens with zero attached hydrogens (tertiary/aromatic N) is 2. The highest BCUT2D eigenvalue weighted by atomic mass is 35.5. The van der Waals surface area contributed by atoms with E-state index in [0.29, 0.717) is 22.8 Å². The maximum absolute atomic E-state index is 12.7. The molecule has 2 heterocycles. The second kappa shape index (κ2) is 8.35. The van der Waals surface area contributed by atoms with E-state index in [1.165, 1.54) is 6.20 Å². The topological polar surface area (TPSA) is 37.4 Å². The van der Waals surface area contributed by atoms with Crippen LogP contribution in [-0.4, -0.2) is 36.6 Å². The molecule has 1 aliphatic rings. The molecular formula is C16H19ClF3N3OS. The van der Waals surface area contributed by atoms with Crippen LogP contribution in [0.15, 0.2) is 30.5 Å². The Hall–Kier alpha value is -1.35. The quantitative estimate of drug-likeness (QED) is 0.858. The number of nitrogens with one attached hydrogen (secondary N) is 1. The van der Waals surface area contributed by atoms with Crippen LogP contribution in [-0.2, 0) is 12.7 Å². The average Bonchev–Trinajstić information content (AvgIpc) is 3.04. The number of hydrogen-bond acceptors (Lipinski definition) is 5. The Morgan fingerprint density at radius 2 is 2.12 bits per heavy atom. The molecule has 9 heteroatoms. The molecule has 1 aromatic heterocycles. The molecule has 1 unspecified atom stereocenters. The number of hydrogen-bond donors (Lipinski definition) is 1. The molecule has 2 aromatic rings. The molecule has 1 aromatic carbocycles. The lowest BCUT2D eigenvalue weighted by atomic mass is 10.0. The normalized spacial score (nSPS) is 18.6. The summed E-state index contributed by atoms with van der Waals surface area (Å²) in [4.78, 5) is 6.29. The van der Waals surface area contributed by atoms with Crippen molar-refractivity contribution in [2.45, 2.75) is 18.8 Å². The van der Waals surface area contributed by atoms with Gasteiger partial charge in [-0.25, -0.2) is 4.98 Å². The minimum atomic E-state index is -4.38. The Morgan fingerprint density at radius 3 is 2.80 bits per heavy atom. The third-order valence-corrected chi connectivity index (χ3v) is 5.03. The van der Waals surface area contributed by atoms with Gasteiger partial charge in [0, 0.05) is 42.8 Å². The molecule has 0 radical (unpaired) electrons. The molecule has 1 atom stereocenters.